The summed E-state index contributed by atoms with van der Waals surface area (Å²) < 4.78 is 1.45. The standard InChI is InChI=1S/C10H17NS2/c1-2-12-10-7-6-9(13-10)5-3-4-8-11/h6-7H,2-5,8,11H2,1H3. The number of rotatable bonds is 6. The third kappa shape index (κ3) is 4.16. The highest BCUT2D eigenvalue weighted by atomic mass is 32.2. The molecule has 0 aromatic carbocycles. The molecule has 0 fully saturated rings. The van der Waals surface area contributed by atoms with Gasteiger partial charge in [0.2, 0.25) is 0 Å². The molecule has 0 saturated heterocycles. The zero-order chi connectivity index (χ0) is 9.52. The highest BCUT2D eigenvalue weighted by Gasteiger charge is 1.99. The zero-order valence-electron chi connectivity index (χ0n) is 8.08. The van der Waals surface area contributed by atoms with Crippen molar-refractivity contribution in [2.75, 3.05) is 12.3 Å². The van der Waals surface area contributed by atoms with E-state index in [-0.39, 0.29) is 0 Å². The third-order valence-electron chi connectivity index (χ3n) is 1.80. The van der Waals surface area contributed by atoms with Gasteiger partial charge in [0.05, 0.1) is 4.21 Å². The van der Waals surface area contributed by atoms with Gasteiger partial charge in [0, 0.05) is 4.88 Å². The summed E-state index contributed by atoms with van der Waals surface area (Å²) in [4.78, 5) is 1.50. The lowest BCUT2D eigenvalue weighted by atomic mass is 10.2. The molecule has 3 heteroatoms. The van der Waals surface area contributed by atoms with E-state index in [9.17, 15) is 0 Å². The summed E-state index contributed by atoms with van der Waals surface area (Å²) in [7, 11) is 0. The molecule has 0 atom stereocenters. The minimum atomic E-state index is 0.821. The molecule has 74 valence electrons. The molecular weight excluding hydrogens is 198 g/mol. The molecule has 0 bridgehead atoms. The molecule has 1 nitrogen and oxygen atoms in total. The zero-order valence-corrected chi connectivity index (χ0v) is 9.72. The Hall–Kier alpha value is 0.01000. The summed E-state index contributed by atoms with van der Waals surface area (Å²) in [5.74, 6) is 1.17. The van der Waals surface area contributed by atoms with Gasteiger partial charge in [-0.1, -0.05) is 6.92 Å². The molecule has 0 unspecified atom stereocenters. The van der Waals surface area contributed by atoms with Gasteiger partial charge in [0.1, 0.15) is 0 Å². The largest absolute Gasteiger partial charge is 0.330 e. The van der Waals surface area contributed by atoms with Gasteiger partial charge in [-0.3, -0.25) is 0 Å². The fourth-order valence-corrected chi connectivity index (χ4v) is 3.29. The van der Waals surface area contributed by atoms with Gasteiger partial charge in [-0.15, -0.1) is 23.1 Å². The van der Waals surface area contributed by atoms with E-state index in [1.54, 1.807) is 0 Å². The maximum atomic E-state index is 5.44. The summed E-state index contributed by atoms with van der Waals surface area (Å²) in [6.45, 7) is 3.01. The minimum absolute atomic E-state index is 0.821. The number of thiophene rings is 1. The van der Waals surface area contributed by atoms with Crippen LogP contribution in [-0.4, -0.2) is 12.3 Å². The van der Waals surface area contributed by atoms with Crippen molar-refractivity contribution in [3.8, 4) is 0 Å². The average molecular weight is 215 g/mol. The van der Waals surface area contributed by atoms with E-state index in [1.165, 1.54) is 27.7 Å². The smallest absolute Gasteiger partial charge is 0.0601 e. The number of nitrogens with two attached hydrogens (primary N) is 1. The Morgan fingerprint density at radius 3 is 2.92 bits per heavy atom. The Labute approximate surface area is 88.7 Å². The molecule has 1 aromatic rings. The maximum absolute atomic E-state index is 5.44. The van der Waals surface area contributed by atoms with Crippen LogP contribution in [0.1, 0.15) is 24.6 Å². The highest BCUT2D eigenvalue weighted by Crippen LogP contribution is 2.27. The SMILES string of the molecule is CCSc1ccc(CCCCN)s1. The molecule has 0 radical (unpaired) electrons. The second kappa shape index (κ2) is 6.46. The van der Waals surface area contributed by atoms with Crippen LogP contribution in [-0.2, 0) is 6.42 Å². The average Bonchev–Trinajstić information content (AvgIpc) is 2.54. The summed E-state index contributed by atoms with van der Waals surface area (Å²) in [5, 5.41) is 0. The van der Waals surface area contributed by atoms with E-state index in [4.69, 9.17) is 5.73 Å². The monoisotopic (exact) mass is 215 g/mol. The van der Waals surface area contributed by atoms with Gasteiger partial charge in [-0.25, -0.2) is 0 Å². The second-order valence-electron chi connectivity index (χ2n) is 2.90. The van der Waals surface area contributed by atoms with Crippen LogP contribution in [0.15, 0.2) is 16.3 Å². The normalized spacial score (nSPS) is 10.6. The van der Waals surface area contributed by atoms with Crippen molar-refractivity contribution >= 4 is 23.1 Å². The van der Waals surface area contributed by atoms with E-state index in [2.05, 4.69) is 19.1 Å². The van der Waals surface area contributed by atoms with Crippen molar-refractivity contribution in [1.29, 1.82) is 0 Å². The van der Waals surface area contributed by atoms with Crippen molar-refractivity contribution in [1.82, 2.24) is 0 Å². The van der Waals surface area contributed by atoms with Crippen LogP contribution in [0.2, 0.25) is 0 Å². The number of unbranched alkanes of at least 4 members (excludes halogenated alkanes) is 1. The highest BCUT2D eigenvalue weighted by molar-refractivity contribution is 8.01. The Morgan fingerprint density at radius 1 is 1.38 bits per heavy atom. The molecule has 2 N–H and O–H groups in total. The van der Waals surface area contributed by atoms with Crippen LogP contribution < -0.4 is 5.73 Å². The molecule has 1 rings (SSSR count). The lowest BCUT2D eigenvalue weighted by Crippen LogP contribution is -1.98. The number of aryl methyl sites for hydroxylation is 1. The lowest BCUT2D eigenvalue weighted by molar-refractivity contribution is 0.751. The predicted molar refractivity (Wildman–Crippen MR) is 62.7 cm³/mol. The fraction of sp³-hybridized carbons (Fsp3) is 0.600. The molecule has 0 aliphatic carbocycles. The van der Waals surface area contributed by atoms with Crippen molar-refractivity contribution < 1.29 is 0 Å². The molecule has 0 aliphatic rings. The van der Waals surface area contributed by atoms with Crippen molar-refractivity contribution in [3.63, 3.8) is 0 Å². The summed E-state index contributed by atoms with van der Waals surface area (Å²) in [6, 6.07) is 4.48. The maximum Gasteiger partial charge on any atom is 0.0601 e. The van der Waals surface area contributed by atoms with Crippen LogP contribution in [0, 0.1) is 0 Å². The molecular formula is C10H17NS2. The summed E-state index contributed by atoms with van der Waals surface area (Å²) >= 11 is 3.86. The second-order valence-corrected chi connectivity index (χ2v) is 5.63. The van der Waals surface area contributed by atoms with Gasteiger partial charge < -0.3 is 5.73 Å². The third-order valence-corrected chi connectivity index (χ3v) is 4.05. The fourth-order valence-electron chi connectivity index (χ4n) is 1.16. The van der Waals surface area contributed by atoms with Crippen LogP contribution in [0.4, 0.5) is 0 Å². The van der Waals surface area contributed by atoms with Crippen LogP contribution in [0.3, 0.4) is 0 Å². The van der Waals surface area contributed by atoms with Crippen molar-refractivity contribution in [2.45, 2.75) is 30.4 Å². The first-order chi connectivity index (χ1) is 6.36. The lowest BCUT2D eigenvalue weighted by Gasteiger charge is -1.94. The van der Waals surface area contributed by atoms with Crippen molar-refractivity contribution in [2.24, 2.45) is 5.73 Å². The van der Waals surface area contributed by atoms with Gasteiger partial charge in [0.15, 0.2) is 0 Å². The van der Waals surface area contributed by atoms with E-state index >= 15 is 0 Å². The number of hydrogen-bond donors (Lipinski definition) is 1. The van der Waals surface area contributed by atoms with E-state index in [1.807, 2.05) is 23.1 Å². The molecule has 1 heterocycles. The Balaban J connectivity index is 2.31. The van der Waals surface area contributed by atoms with Gasteiger partial charge in [-0.2, -0.15) is 0 Å². The first-order valence-corrected chi connectivity index (χ1v) is 6.58. The van der Waals surface area contributed by atoms with E-state index in [0.717, 1.165) is 13.0 Å². The predicted octanol–water partition coefficient (Wildman–Crippen LogP) is 3.14. The first kappa shape index (κ1) is 11.1. The van der Waals surface area contributed by atoms with E-state index < -0.39 is 0 Å². The quantitative estimate of drug-likeness (QED) is 0.583. The summed E-state index contributed by atoms with van der Waals surface area (Å²) in [6.07, 6.45) is 3.58. The Kier molecular flexibility index (Phi) is 5.51. The Morgan fingerprint density at radius 2 is 2.23 bits per heavy atom. The first-order valence-electron chi connectivity index (χ1n) is 4.78. The van der Waals surface area contributed by atoms with Gasteiger partial charge in [-0.05, 0) is 43.7 Å². The van der Waals surface area contributed by atoms with Crippen molar-refractivity contribution in [3.05, 3.63) is 17.0 Å². The Bertz CT molecular complexity index is 233. The molecule has 1 aromatic heterocycles. The topological polar surface area (TPSA) is 26.0 Å². The molecule has 0 amide bonds. The van der Waals surface area contributed by atoms with Gasteiger partial charge >= 0.3 is 0 Å². The van der Waals surface area contributed by atoms with Gasteiger partial charge in [0.25, 0.3) is 0 Å². The minimum Gasteiger partial charge on any atom is -0.330 e. The number of hydrogen-bond acceptors (Lipinski definition) is 3. The number of thioether (sulfide) groups is 1. The summed E-state index contributed by atoms with van der Waals surface area (Å²) in [5.41, 5.74) is 5.44. The molecule has 0 spiro atoms. The van der Waals surface area contributed by atoms with E-state index in [0.29, 0.717) is 0 Å². The molecule has 0 aliphatic heterocycles. The van der Waals surface area contributed by atoms with Crippen LogP contribution in [0.25, 0.3) is 0 Å². The van der Waals surface area contributed by atoms with Crippen LogP contribution >= 0.6 is 23.1 Å². The molecule has 0 saturated carbocycles. The molecule has 13 heavy (non-hydrogen) atoms. The van der Waals surface area contributed by atoms with Crippen LogP contribution in [0.5, 0.6) is 0 Å².